The van der Waals surface area contributed by atoms with Crippen molar-refractivity contribution in [3.8, 4) is 0 Å². The second-order valence-electron chi connectivity index (χ2n) is 2.58. The minimum absolute atomic E-state index is 0.0765. The van der Waals surface area contributed by atoms with E-state index in [0.717, 1.165) is 0 Å². The van der Waals surface area contributed by atoms with Gasteiger partial charge < -0.3 is 0 Å². The van der Waals surface area contributed by atoms with Gasteiger partial charge >= 0.3 is 0 Å². The fourth-order valence-electron chi connectivity index (χ4n) is 0.938. The molecule has 1 nitrogen and oxygen atoms in total. The number of hydrogen-bond donors (Lipinski definition) is 0. The molecule has 0 saturated heterocycles. The summed E-state index contributed by atoms with van der Waals surface area (Å²) in [4.78, 5) is 10.9. The summed E-state index contributed by atoms with van der Waals surface area (Å²) in [6, 6.07) is 3.91. The molecule has 0 aliphatic rings. The Balaban J connectivity index is 2.87. The Bertz CT molecular complexity index is 325. The van der Waals surface area contributed by atoms with Crippen LogP contribution in [0.5, 0.6) is 0 Å². The number of alkyl halides is 1. The smallest absolute Gasteiger partial charge is 0.152 e. The Kier molecular flexibility index (Phi) is 3.70. The number of hydrogen-bond acceptors (Lipinski definition) is 1. The fraction of sp³-hybridized carbons (Fsp3) is 0.222. The van der Waals surface area contributed by atoms with E-state index in [4.69, 9.17) is 23.2 Å². The van der Waals surface area contributed by atoms with E-state index in [2.05, 4.69) is 0 Å². The molecule has 0 aromatic heterocycles. The van der Waals surface area contributed by atoms with E-state index in [1.807, 2.05) is 0 Å². The molecule has 0 amide bonds. The molecule has 0 radical (unpaired) electrons. The molecule has 0 aliphatic carbocycles. The summed E-state index contributed by atoms with van der Waals surface area (Å²) in [5, 5.41) is 0.389. The molecule has 70 valence electrons. The number of rotatable bonds is 3. The third-order valence-electron chi connectivity index (χ3n) is 1.54. The van der Waals surface area contributed by atoms with Crippen LogP contribution in [0.1, 0.15) is 5.56 Å². The van der Waals surface area contributed by atoms with Crippen LogP contribution in [-0.2, 0) is 11.2 Å². The van der Waals surface area contributed by atoms with Crippen molar-refractivity contribution in [3.05, 3.63) is 34.6 Å². The predicted molar refractivity (Wildman–Crippen MR) is 50.8 cm³/mol. The summed E-state index contributed by atoms with van der Waals surface area (Å²) < 4.78 is 12.7. The van der Waals surface area contributed by atoms with E-state index < -0.39 is 5.82 Å². The maximum Gasteiger partial charge on any atom is 0.152 e. The van der Waals surface area contributed by atoms with E-state index in [1.54, 1.807) is 0 Å². The van der Waals surface area contributed by atoms with E-state index in [0.29, 0.717) is 10.6 Å². The third-order valence-corrected chi connectivity index (χ3v) is 2.21. The third kappa shape index (κ3) is 2.98. The Morgan fingerprint density at radius 3 is 2.77 bits per heavy atom. The lowest BCUT2D eigenvalue weighted by molar-refractivity contribution is -0.116. The molecule has 0 saturated carbocycles. The average Bonchev–Trinajstić information content (AvgIpc) is 2.11. The maximum absolute atomic E-state index is 12.7. The number of ketones is 1. The van der Waals surface area contributed by atoms with Crippen molar-refractivity contribution in [2.75, 3.05) is 5.88 Å². The fourth-order valence-corrected chi connectivity index (χ4v) is 1.22. The zero-order valence-electron chi connectivity index (χ0n) is 6.69. The van der Waals surface area contributed by atoms with Gasteiger partial charge in [-0.3, -0.25) is 4.79 Å². The number of carbonyl (C=O) groups is 1. The van der Waals surface area contributed by atoms with Gasteiger partial charge in [0, 0.05) is 11.4 Å². The van der Waals surface area contributed by atoms with Crippen LogP contribution in [0.25, 0.3) is 0 Å². The predicted octanol–water partition coefficient (Wildman–Crippen LogP) is 2.83. The first-order valence-electron chi connectivity index (χ1n) is 3.65. The van der Waals surface area contributed by atoms with E-state index in [-0.39, 0.29) is 18.1 Å². The van der Waals surface area contributed by atoms with E-state index in [1.165, 1.54) is 18.2 Å². The monoisotopic (exact) mass is 220 g/mol. The highest BCUT2D eigenvalue weighted by molar-refractivity contribution is 6.32. The Labute approximate surface area is 85.5 Å². The average molecular weight is 221 g/mol. The van der Waals surface area contributed by atoms with Crippen molar-refractivity contribution in [2.24, 2.45) is 0 Å². The standard InChI is InChI=1S/C9H7Cl2FO/c10-5-8(13)4-6-3-7(12)1-2-9(6)11/h1-3H,4-5H2. The Hall–Kier alpha value is -0.600. The topological polar surface area (TPSA) is 17.1 Å². The molecule has 0 fully saturated rings. The second-order valence-corrected chi connectivity index (χ2v) is 3.26. The molecule has 13 heavy (non-hydrogen) atoms. The molecule has 4 heteroatoms. The molecule has 1 aromatic rings. The van der Waals surface area contributed by atoms with Gasteiger partial charge in [-0.25, -0.2) is 4.39 Å². The summed E-state index contributed by atoms with van der Waals surface area (Å²) in [6.07, 6.45) is 0.0834. The summed E-state index contributed by atoms with van der Waals surface area (Å²) in [5.41, 5.74) is 0.479. The Morgan fingerprint density at radius 1 is 1.46 bits per heavy atom. The van der Waals surface area contributed by atoms with Crippen molar-refractivity contribution in [1.82, 2.24) is 0 Å². The van der Waals surface area contributed by atoms with Gasteiger partial charge in [-0.15, -0.1) is 11.6 Å². The van der Waals surface area contributed by atoms with Crippen LogP contribution >= 0.6 is 23.2 Å². The molecule has 0 spiro atoms. The molecule has 0 N–H and O–H groups in total. The largest absolute Gasteiger partial charge is 0.298 e. The van der Waals surface area contributed by atoms with Gasteiger partial charge in [0.05, 0.1) is 5.88 Å². The van der Waals surface area contributed by atoms with Gasteiger partial charge in [0.1, 0.15) is 5.82 Å². The molecular weight excluding hydrogens is 214 g/mol. The quantitative estimate of drug-likeness (QED) is 0.717. The van der Waals surface area contributed by atoms with Gasteiger partial charge in [-0.2, -0.15) is 0 Å². The first-order chi connectivity index (χ1) is 6.13. The van der Waals surface area contributed by atoms with Gasteiger partial charge in [-0.1, -0.05) is 11.6 Å². The zero-order valence-corrected chi connectivity index (χ0v) is 8.20. The lowest BCUT2D eigenvalue weighted by Crippen LogP contribution is -2.04. The van der Waals surface area contributed by atoms with Crippen molar-refractivity contribution in [2.45, 2.75) is 6.42 Å². The minimum atomic E-state index is -0.401. The van der Waals surface area contributed by atoms with Gasteiger partial charge in [0.2, 0.25) is 0 Å². The maximum atomic E-state index is 12.7. The van der Waals surface area contributed by atoms with Crippen LogP contribution in [-0.4, -0.2) is 11.7 Å². The van der Waals surface area contributed by atoms with Gasteiger partial charge in [0.25, 0.3) is 0 Å². The number of halogens is 3. The van der Waals surface area contributed by atoms with Gasteiger partial charge in [-0.05, 0) is 23.8 Å². The van der Waals surface area contributed by atoms with E-state index in [9.17, 15) is 9.18 Å². The molecule has 0 atom stereocenters. The normalized spacial score (nSPS) is 10.1. The molecule has 0 bridgehead atoms. The van der Waals surface area contributed by atoms with Crippen LogP contribution < -0.4 is 0 Å². The first kappa shape index (κ1) is 10.5. The lowest BCUT2D eigenvalue weighted by Gasteiger charge is -2.01. The van der Waals surface area contributed by atoms with Crippen LogP contribution in [0.4, 0.5) is 4.39 Å². The highest BCUT2D eigenvalue weighted by atomic mass is 35.5. The SMILES string of the molecule is O=C(CCl)Cc1cc(F)ccc1Cl. The molecule has 0 heterocycles. The Morgan fingerprint density at radius 2 is 2.15 bits per heavy atom. The molecule has 0 unspecified atom stereocenters. The molecule has 0 aliphatic heterocycles. The highest BCUT2D eigenvalue weighted by Crippen LogP contribution is 2.17. The number of benzene rings is 1. The first-order valence-corrected chi connectivity index (χ1v) is 4.56. The van der Waals surface area contributed by atoms with Crippen molar-refractivity contribution in [3.63, 3.8) is 0 Å². The van der Waals surface area contributed by atoms with Crippen molar-refractivity contribution in [1.29, 1.82) is 0 Å². The summed E-state index contributed by atoms with van der Waals surface area (Å²) >= 11 is 11.0. The van der Waals surface area contributed by atoms with Crippen LogP contribution in [0.3, 0.4) is 0 Å². The minimum Gasteiger partial charge on any atom is -0.298 e. The van der Waals surface area contributed by atoms with Crippen molar-refractivity contribution < 1.29 is 9.18 Å². The molecule has 1 rings (SSSR count). The summed E-state index contributed by atoms with van der Waals surface area (Å²) in [6.45, 7) is 0. The summed E-state index contributed by atoms with van der Waals surface area (Å²) in [5.74, 6) is -0.650. The van der Waals surface area contributed by atoms with E-state index >= 15 is 0 Å². The zero-order chi connectivity index (χ0) is 9.84. The molecular formula is C9H7Cl2FO. The number of Topliss-reactive ketones (excluding diaryl/α,β-unsaturated/α-hetero) is 1. The summed E-state index contributed by atoms with van der Waals surface area (Å²) in [7, 11) is 0. The van der Waals surface area contributed by atoms with Gasteiger partial charge in [0.15, 0.2) is 5.78 Å². The number of carbonyl (C=O) groups excluding carboxylic acids is 1. The van der Waals surface area contributed by atoms with Crippen LogP contribution in [0.2, 0.25) is 5.02 Å². The second kappa shape index (κ2) is 4.58. The van der Waals surface area contributed by atoms with Crippen LogP contribution in [0, 0.1) is 5.82 Å². The van der Waals surface area contributed by atoms with Crippen LogP contribution in [0.15, 0.2) is 18.2 Å². The highest BCUT2D eigenvalue weighted by Gasteiger charge is 2.06. The van der Waals surface area contributed by atoms with Crippen molar-refractivity contribution >= 4 is 29.0 Å². The lowest BCUT2D eigenvalue weighted by atomic mass is 10.1. The molecule has 1 aromatic carbocycles.